The second-order valence-electron chi connectivity index (χ2n) is 8.08. The lowest BCUT2D eigenvalue weighted by Crippen LogP contribution is -2.29. The molecule has 1 aromatic heterocycles. The molecule has 33 heavy (non-hydrogen) atoms. The van der Waals surface area contributed by atoms with Crippen molar-refractivity contribution in [1.29, 1.82) is 0 Å². The maximum absolute atomic E-state index is 13.5. The van der Waals surface area contributed by atoms with Crippen molar-refractivity contribution < 1.29 is 9.53 Å². The fraction of sp³-hybridized carbons (Fsp3) is 0.154. The molecule has 1 unspecified atom stereocenters. The summed E-state index contributed by atoms with van der Waals surface area (Å²) in [5.41, 5.74) is 5.88. The fourth-order valence-electron chi connectivity index (χ4n) is 4.27. The molecule has 7 heteroatoms. The zero-order chi connectivity index (χ0) is 23.1. The number of aromatic amines is 1. The Morgan fingerprint density at radius 2 is 1.76 bits per heavy atom. The zero-order valence-corrected chi connectivity index (χ0v) is 19.6. The molecule has 4 aromatic rings. The van der Waals surface area contributed by atoms with Gasteiger partial charge in [0.15, 0.2) is 0 Å². The summed E-state index contributed by atoms with van der Waals surface area (Å²) in [4.78, 5) is 15.4. The summed E-state index contributed by atoms with van der Waals surface area (Å²) in [6.07, 6.45) is 0. The third kappa shape index (κ3) is 3.88. The van der Waals surface area contributed by atoms with Gasteiger partial charge in [0.05, 0.1) is 18.8 Å². The average molecular weight is 478 g/mol. The molecule has 0 saturated carbocycles. The van der Waals surface area contributed by atoms with Crippen LogP contribution in [-0.4, -0.2) is 28.1 Å². The number of nitrogens with one attached hydrogen (secondary N) is 1. The largest absolute Gasteiger partial charge is 0.497 e. The van der Waals surface area contributed by atoms with Gasteiger partial charge in [-0.25, -0.2) is 0 Å². The molecule has 166 valence electrons. The Morgan fingerprint density at radius 1 is 1.03 bits per heavy atom. The van der Waals surface area contributed by atoms with E-state index in [1.54, 1.807) is 19.2 Å². The van der Waals surface area contributed by atoms with Gasteiger partial charge in [-0.05, 0) is 54.4 Å². The van der Waals surface area contributed by atoms with Crippen LogP contribution in [-0.2, 0) is 6.54 Å². The molecule has 0 bridgehead atoms. The number of hydrogen-bond donors (Lipinski definition) is 1. The maximum atomic E-state index is 13.5. The van der Waals surface area contributed by atoms with E-state index in [1.165, 1.54) is 5.56 Å². The first-order valence-corrected chi connectivity index (χ1v) is 11.3. The van der Waals surface area contributed by atoms with E-state index in [0.29, 0.717) is 28.0 Å². The highest BCUT2D eigenvalue weighted by molar-refractivity contribution is 6.35. The van der Waals surface area contributed by atoms with Gasteiger partial charge in [0.1, 0.15) is 11.4 Å². The van der Waals surface area contributed by atoms with Gasteiger partial charge in [0, 0.05) is 27.7 Å². The van der Waals surface area contributed by atoms with Crippen molar-refractivity contribution in [3.63, 3.8) is 0 Å². The predicted molar refractivity (Wildman–Crippen MR) is 130 cm³/mol. The van der Waals surface area contributed by atoms with Gasteiger partial charge < -0.3 is 9.64 Å². The van der Waals surface area contributed by atoms with Crippen LogP contribution in [0.4, 0.5) is 0 Å². The Morgan fingerprint density at radius 3 is 2.42 bits per heavy atom. The van der Waals surface area contributed by atoms with E-state index in [0.717, 1.165) is 28.0 Å². The van der Waals surface area contributed by atoms with E-state index in [-0.39, 0.29) is 5.91 Å². The minimum Gasteiger partial charge on any atom is -0.497 e. The number of H-pyrrole nitrogens is 1. The first-order valence-electron chi connectivity index (χ1n) is 10.5. The average Bonchev–Trinajstić information content (AvgIpc) is 3.35. The van der Waals surface area contributed by atoms with Gasteiger partial charge in [0.2, 0.25) is 0 Å². The Labute approximate surface area is 201 Å². The van der Waals surface area contributed by atoms with Crippen LogP contribution in [0.25, 0.3) is 11.3 Å². The molecule has 1 aliphatic heterocycles. The van der Waals surface area contributed by atoms with Crippen LogP contribution in [0.1, 0.15) is 38.8 Å². The highest BCUT2D eigenvalue weighted by Crippen LogP contribution is 2.45. The van der Waals surface area contributed by atoms with Crippen LogP contribution < -0.4 is 4.74 Å². The summed E-state index contributed by atoms with van der Waals surface area (Å²) in [6.45, 7) is 2.48. The lowest BCUT2D eigenvalue weighted by molar-refractivity contribution is 0.0730. The van der Waals surface area contributed by atoms with Gasteiger partial charge in [-0.15, -0.1) is 0 Å². The molecule has 0 spiro atoms. The molecular weight excluding hydrogens is 457 g/mol. The number of halogens is 2. The van der Waals surface area contributed by atoms with E-state index >= 15 is 0 Å². The number of hydrogen-bond acceptors (Lipinski definition) is 3. The quantitative estimate of drug-likeness (QED) is 0.359. The smallest absolute Gasteiger partial charge is 0.273 e. The molecule has 2 heterocycles. The molecule has 0 radical (unpaired) electrons. The minimum atomic E-state index is -0.408. The summed E-state index contributed by atoms with van der Waals surface area (Å²) in [6, 6.07) is 20.8. The number of carbonyl (C=O) groups is 1. The second kappa shape index (κ2) is 8.58. The molecule has 0 aliphatic carbocycles. The van der Waals surface area contributed by atoms with Crippen molar-refractivity contribution in [1.82, 2.24) is 15.1 Å². The van der Waals surface area contributed by atoms with Crippen molar-refractivity contribution in [3.05, 3.63) is 105 Å². The molecule has 0 saturated heterocycles. The van der Waals surface area contributed by atoms with Crippen LogP contribution in [0, 0.1) is 6.92 Å². The fourth-order valence-corrected chi connectivity index (χ4v) is 4.78. The molecule has 0 fully saturated rings. The SMILES string of the molecule is COc1ccc(-c2n[nH]c3c2C(c2ccc(Cl)cc2Cl)N(Cc2ccc(C)cc2)C3=O)cc1. The number of benzene rings is 3. The molecule has 3 aromatic carbocycles. The number of rotatable bonds is 5. The molecule has 1 N–H and O–H groups in total. The third-order valence-corrected chi connectivity index (χ3v) is 6.52. The van der Waals surface area contributed by atoms with Crippen molar-refractivity contribution in [2.45, 2.75) is 19.5 Å². The van der Waals surface area contributed by atoms with Gasteiger partial charge in [0.25, 0.3) is 5.91 Å². The predicted octanol–water partition coefficient (Wildman–Crippen LogP) is 6.45. The van der Waals surface area contributed by atoms with Gasteiger partial charge >= 0.3 is 0 Å². The standard InChI is InChI=1S/C26H21Cl2N3O2/c1-15-3-5-16(6-4-15)14-31-25(20-12-9-18(27)13-21(20)28)22-23(29-30-24(22)26(31)32)17-7-10-19(33-2)11-8-17/h3-13,25H,14H2,1-2H3,(H,29,30). The van der Waals surface area contributed by atoms with Gasteiger partial charge in [-0.1, -0.05) is 59.1 Å². The van der Waals surface area contributed by atoms with E-state index in [1.807, 2.05) is 66.4 Å². The topological polar surface area (TPSA) is 58.2 Å². The first-order chi connectivity index (χ1) is 16.0. The molecule has 1 amide bonds. The Bertz CT molecular complexity index is 1330. The summed E-state index contributed by atoms with van der Waals surface area (Å²) >= 11 is 12.8. The number of aryl methyl sites for hydroxylation is 1. The number of nitrogens with zero attached hydrogens (tertiary/aromatic N) is 2. The molecular formula is C26H21Cl2N3O2. The highest BCUT2D eigenvalue weighted by Gasteiger charge is 2.43. The van der Waals surface area contributed by atoms with Crippen molar-refractivity contribution >= 4 is 29.1 Å². The Balaban J connectivity index is 1.64. The number of fused-ring (bicyclic) bond motifs is 1. The third-order valence-electron chi connectivity index (χ3n) is 5.96. The zero-order valence-electron chi connectivity index (χ0n) is 18.1. The van der Waals surface area contributed by atoms with Crippen molar-refractivity contribution in [3.8, 4) is 17.0 Å². The number of carbonyl (C=O) groups excluding carboxylic acids is 1. The van der Waals surface area contributed by atoms with Crippen molar-refractivity contribution in [2.75, 3.05) is 7.11 Å². The molecule has 1 aliphatic rings. The lowest BCUT2D eigenvalue weighted by Gasteiger charge is -2.27. The van der Waals surface area contributed by atoms with Crippen LogP contribution in [0.3, 0.4) is 0 Å². The van der Waals surface area contributed by atoms with Gasteiger partial charge in [-0.3, -0.25) is 9.89 Å². The number of amides is 1. The Kier molecular flexibility index (Phi) is 5.60. The van der Waals surface area contributed by atoms with Crippen LogP contribution in [0.2, 0.25) is 10.0 Å². The number of methoxy groups -OCH3 is 1. The highest BCUT2D eigenvalue weighted by atomic mass is 35.5. The van der Waals surface area contributed by atoms with E-state index in [2.05, 4.69) is 10.2 Å². The molecule has 5 nitrogen and oxygen atoms in total. The number of aromatic nitrogens is 2. The van der Waals surface area contributed by atoms with Crippen LogP contribution >= 0.6 is 23.2 Å². The number of ether oxygens (including phenoxy) is 1. The van der Waals surface area contributed by atoms with E-state index in [4.69, 9.17) is 27.9 Å². The van der Waals surface area contributed by atoms with Crippen molar-refractivity contribution in [2.24, 2.45) is 0 Å². The maximum Gasteiger partial charge on any atom is 0.273 e. The molecule has 1 atom stereocenters. The molecule has 5 rings (SSSR count). The summed E-state index contributed by atoms with van der Waals surface area (Å²) < 4.78 is 5.28. The minimum absolute atomic E-state index is 0.117. The van der Waals surface area contributed by atoms with E-state index < -0.39 is 6.04 Å². The second-order valence-corrected chi connectivity index (χ2v) is 8.92. The summed E-state index contributed by atoms with van der Waals surface area (Å²) in [5, 5.41) is 8.53. The lowest BCUT2D eigenvalue weighted by atomic mass is 9.95. The Hall–Kier alpha value is -3.28. The summed E-state index contributed by atoms with van der Waals surface area (Å²) in [7, 11) is 1.63. The normalized spacial score (nSPS) is 15.1. The van der Waals surface area contributed by atoms with Crippen LogP contribution in [0.15, 0.2) is 66.7 Å². The monoisotopic (exact) mass is 477 g/mol. The van der Waals surface area contributed by atoms with E-state index in [9.17, 15) is 4.79 Å². The summed E-state index contributed by atoms with van der Waals surface area (Å²) in [5.74, 6) is 0.633. The van der Waals surface area contributed by atoms with Gasteiger partial charge in [-0.2, -0.15) is 5.10 Å². The van der Waals surface area contributed by atoms with Crippen LogP contribution in [0.5, 0.6) is 5.75 Å². The first kappa shape index (κ1) is 21.6.